The lowest BCUT2D eigenvalue weighted by Gasteiger charge is -2.23. The van der Waals surface area contributed by atoms with Crippen molar-refractivity contribution in [2.75, 3.05) is 13.1 Å². The first-order valence-electron chi connectivity index (χ1n) is 14.1. The summed E-state index contributed by atoms with van der Waals surface area (Å²) in [6.45, 7) is 3.96. The van der Waals surface area contributed by atoms with E-state index in [1.165, 1.54) is 30.5 Å². The molecule has 1 amide bonds. The van der Waals surface area contributed by atoms with Gasteiger partial charge in [-0.15, -0.1) is 0 Å². The zero-order valence-electron chi connectivity index (χ0n) is 24.1. The van der Waals surface area contributed by atoms with E-state index < -0.39 is 40.3 Å². The van der Waals surface area contributed by atoms with Gasteiger partial charge in [-0.25, -0.2) is 13.1 Å². The summed E-state index contributed by atoms with van der Waals surface area (Å²) in [6.07, 6.45) is 3.63. The molecular weight excluding hydrogens is 586 g/mol. The molecule has 1 saturated heterocycles. The molecule has 1 aliphatic heterocycles. The zero-order chi connectivity index (χ0) is 31.9. The van der Waals surface area contributed by atoms with Gasteiger partial charge in [0.25, 0.3) is 5.91 Å². The third-order valence-electron chi connectivity index (χ3n) is 7.30. The highest BCUT2D eigenvalue weighted by molar-refractivity contribution is 7.89. The van der Waals surface area contributed by atoms with Gasteiger partial charge >= 0.3 is 11.9 Å². The van der Waals surface area contributed by atoms with Crippen molar-refractivity contribution >= 4 is 38.8 Å². The first kappa shape index (κ1) is 32.3. The third-order valence-corrected chi connectivity index (χ3v) is 8.79. The van der Waals surface area contributed by atoms with Gasteiger partial charge in [-0.2, -0.15) is 9.82 Å². The number of aromatic nitrogens is 2. The van der Waals surface area contributed by atoms with Crippen LogP contribution >= 0.6 is 0 Å². The number of carboxylic acids is 2. The SMILES string of the molecule is Cc1ccc(S(=O)(=O)N[C@@H](CCC(=O)O)C(=O)O)cc1.NC(=O)c1cccc2cn(-c3ccc([C@@H]4CCCNC4)cc3)nc12. The first-order valence-corrected chi connectivity index (χ1v) is 15.6. The quantitative estimate of drug-likeness (QED) is 0.177. The molecule has 12 nitrogen and oxygen atoms in total. The number of aliphatic carboxylic acids is 2. The Labute approximate surface area is 254 Å². The summed E-state index contributed by atoms with van der Waals surface area (Å²) in [5.74, 6) is -2.47. The summed E-state index contributed by atoms with van der Waals surface area (Å²) in [6, 6.07) is 18.4. The fourth-order valence-corrected chi connectivity index (χ4v) is 6.11. The van der Waals surface area contributed by atoms with E-state index in [-0.39, 0.29) is 11.3 Å². The Morgan fingerprint density at radius 2 is 1.77 bits per heavy atom. The third kappa shape index (κ3) is 8.28. The van der Waals surface area contributed by atoms with Gasteiger partial charge in [-0.1, -0.05) is 42.0 Å². The number of carboxylic acid groups (broad SMARTS) is 2. The first-order chi connectivity index (χ1) is 20.9. The maximum absolute atomic E-state index is 12.0. The second kappa shape index (κ2) is 14.3. The molecule has 2 atom stereocenters. The fraction of sp³-hybridized carbons (Fsp3) is 0.290. The van der Waals surface area contributed by atoms with E-state index in [2.05, 4.69) is 34.7 Å². The maximum atomic E-state index is 12.0. The summed E-state index contributed by atoms with van der Waals surface area (Å²) < 4.78 is 27.8. The number of fused-ring (bicyclic) bond motifs is 1. The van der Waals surface area contributed by atoms with E-state index in [1.807, 2.05) is 23.1 Å². The minimum atomic E-state index is -3.99. The summed E-state index contributed by atoms with van der Waals surface area (Å²) in [4.78, 5) is 32.9. The molecule has 4 aromatic rings. The molecule has 6 N–H and O–H groups in total. The number of carbonyl (C=O) groups excluding carboxylic acids is 1. The topological polar surface area (TPSA) is 194 Å². The van der Waals surface area contributed by atoms with Gasteiger partial charge < -0.3 is 21.3 Å². The van der Waals surface area contributed by atoms with Gasteiger partial charge in [0, 0.05) is 24.5 Å². The van der Waals surface area contributed by atoms with Crippen LogP contribution in [0, 0.1) is 6.92 Å². The number of piperidine rings is 1. The molecule has 2 heterocycles. The predicted molar refractivity (Wildman–Crippen MR) is 164 cm³/mol. The van der Waals surface area contributed by atoms with E-state index >= 15 is 0 Å². The molecule has 44 heavy (non-hydrogen) atoms. The maximum Gasteiger partial charge on any atom is 0.321 e. The average Bonchev–Trinajstić information content (AvgIpc) is 3.45. The van der Waals surface area contributed by atoms with Crippen LogP contribution in [0.15, 0.2) is 77.8 Å². The number of sulfonamides is 1. The summed E-state index contributed by atoms with van der Waals surface area (Å²) in [5.41, 5.74) is 9.74. The van der Waals surface area contributed by atoms with Crippen molar-refractivity contribution in [2.24, 2.45) is 5.73 Å². The molecule has 0 unspecified atom stereocenters. The predicted octanol–water partition coefficient (Wildman–Crippen LogP) is 3.18. The van der Waals surface area contributed by atoms with Crippen LogP contribution in [0.1, 0.15) is 53.1 Å². The van der Waals surface area contributed by atoms with Crippen molar-refractivity contribution in [3.05, 3.63) is 89.6 Å². The number of primary amides is 1. The van der Waals surface area contributed by atoms with Crippen molar-refractivity contribution in [1.29, 1.82) is 0 Å². The van der Waals surface area contributed by atoms with Crippen LogP contribution in [-0.2, 0) is 19.6 Å². The molecule has 1 aliphatic rings. The Morgan fingerprint density at radius 3 is 2.36 bits per heavy atom. The van der Waals surface area contributed by atoms with Crippen LogP contribution in [0.3, 0.4) is 0 Å². The minimum Gasteiger partial charge on any atom is -0.481 e. The highest BCUT2D eigenvalue weighted by atomic mass is 32.2. The zero-order valence-corrected chi connectivity index (χ0v) is 25.0. The summed E-state index contributed by atoms with van der Waals surface area (Å²) >= 11 is 0. The number of rotatable bonds is 10. The molecule has 1 aromatic heterocycles. The number of amides is 1. The molecule has 5 rings (SSSR count). The van der Waals surface area contributed by atoms with Crippen LogP contribution in [0.4, 0.5) is 0 Å². The Balaban J connectivity index is 0.000000205. The molecular formula is C31H35N5O7S. The standard InChI is InChI=1S/C19H20N4O.C12H15NO6S/c20-19(24)17-5-1-3-15-12-23(22-18(15)17)16-8-6-13(7-9-16)14-4-2-10-21-11-14;1-8-2-4-9(5-3-8)20(18,19)13-10(12(16)17)6-7-11(14)15/h1,3,5-9,12,14,21H,2,4,10-11H2,(H2,20,24);2-5,10,13H,6-7H2,1H3,(H,14,15)(H,16,17)/t14-;10-/m10/s1. The van der Waals surface area contributed by atoms with Crippen LogP contribution in [-0.4, -0.2) is 65.4 Å². The molecule has 0 spiro atoms. The second-order valence-electron chi connectivity index (χ2n) is 10.6. The number of nitrogens with one attached hydrogen (secondary N) is 2. The van der Waals surface area contributed by atoms with Gasteiger partial charge in [0.05, 0.1) is 16.1 Å². The number of aryl methyl sites for hydroxylation is 1. The monoisotopic (exact) mass is 621 g/mol. The van der Waals surface area contributed by atoms with Gasteiger partial charge in [0.15, 0.2) is 0 Å². The summed E-state index contributed by atoms with van der Waals surface area (Å²) in [5, 5.41) is 26.4. The van der Waals surface area contributed by atoms with Gasteiger partial charge in [-0.3, -0.25) is 14.4 Å². The van der Waals surface area contributed by atoms with Crippen molar-refractivity contribution in [3.63, 3.8) is 0 Å². The van der Waals surface area contributed by atoms with Crippen molar-refractivity contribution in [2.45, 2.75) is 49.5 Å². The number of hydrogen-bond acceptors (Lipinski definition) is 7. The molecule has 1 fully saturated rings. The normalized spacial score (nSPS) is 15.6. The van der Waals surface area contributed by atoms with Gasteiger partial charge in [0.2, 0.25) is 10.0 Å². The largest absolute Gasteiger partial charge is 0.481 e. The van der Waals surface area contributed by atoms with Crippen LogP contribution in [0.5, 0.6) is 0 Å². The van der Waals surface area contributed by atoms with E-state index in [9.17, 15) is 22.8 Å². The number of hydrogen-bond donors (Lipinski definition) is 5. The lowest BCUT2D eigenvalue weighted by molar-refractivity contribution is -0.140. The smallest absolute Gasteiger partial charge is 0.321 e. The lowest BCUT2D eigenvalue weighted by atomic mass is 9.92. The van der Waals surface area contributed by atoms with Crippen LogP contribution < -0.4 is 15.8 Å². The number of carbonyl (C=O) groups is 3. The van der Waals surface area contributed by atoms with Gasteiger partial charge in [-0.05, 0) is 74.5 Å². The van der Waals surface area contributed by atoms with Crippen LogP contribution in [0.25, 0.3) is 16.6 Å². The number of nitrogens with two attached hydrogens (primary N) is 1. The minimum absolute atomic E-state index is 0.0651. The van der Waals surface area contributed by atoms with Gasteiger partial charge in [0.1, 0.15) is 11.6 Å². The van der Waals surface area contributed by atoms with Crippen molar-refractivity contribution in [3.8, 4) is 5.69 Å². The molecule has 13 heteroatoms. The molecule has 0 radical (unpaired) electrons. The van der Waals surface area contributed by atoms with Crippen molar-refractivity contribution in [1.82, 2.24) is 19.8 Å². The average molecular weight is 622 g/mol. The van der Waals surface area contributed by atoms with Crippen LogP contribution in [0.2, 0.25) is 0 Å². The Morgan fingerprint density at radius 1 is 1.07 bits per heavy atom. The Kier molecular flexibility index (Phi) is 10.5. The highest BCUT2D eigenvalue weighted by Crippen LogP contribution is 2.25. The highest BCUT2D eigenvalue weighted by Gasteiger charge is 2.26. The molecule has 3 aromatic carbocycles. The summed E-state index contributed by atoms with van der Waals surface area (Å²) in [7, 11) is -3.99. The van der Waals surface area contributed by atoms with E-state index in [0.29, 0.717) is 17.0 Å². The van der Waals surface area contributed by atoms with Crippen molar-refractivity contribution < 1.29 is 33.0 Å². The second-order valence-corrected chi connectivity index (χ2v) is 12.3. The number of nitrogens with zero attached hydrogens (tertiary/aromatic N) is 2. The number of benzene rings is 3. The molecule has 0 aliphatic carbocycles. The Bertz CT molecular complexity index is 1730. The van der Waals surface area contributed by atoms with E-state index in [4.69, 9.17) is 15.9 Å². The molecule has 0 saturated carbocycles. The molecule has 0 bridgehead atoms. The fourth-order valence-electron chi connectivity index (χ4n) is 4.89. The lowest BCUT2D eigenvalue weighted by Crippen LogP contribution is -2.41. The Hall–Kier alpha value is -4.59. The van der Waals surface area contributed by atoms with E-state index in [1.54, 1.807) is 29.8 Å². The van der Waals surface area contributed by atoms with E-state index in [0.717, 1.165) is 29.7 Å². The molecule has 232 valence electrons.